The molecule has 2 aromatic carbocycles. The minimum absolute atomic E-state index is 0.0223. The standard InChI is InChI=1S/C26H28N4O5/c1-3-17(12-23(31)27-13-16-14-28-30(2)24(16)25(32)33)29-26(34)35-15-22-20-10-6-4-8-18(20)19-9-5-7-11-21(19)22/h4-11,14,17,22H,3,12-13,15H2,1-2H3,(H,27,31)(H,29,34)(H,32,33)/t17-/m0/s1. The van der Waals surface area contributed by atoms with Gasteiger partial charge in [0.25, 0.3) is 0 Å². The largest absolute Gasteiger partial charge is 0.477 e. The van der Waals surface area contributed by atoms with E-state index < -0.39 is 18.1 Å². The minimum atomic E-state index is -1.11. The van der Waals surface area contributed by atoms with Crippen molar-refractivity contribution in [1.29, 1.82) is 0 Å². The molecule has 0 radical (unpaired) electrons. The molecule has 1 heterocycles. The molecule has 4 rings (SSSR count). The van der Waals surface area contributed by atoms with Gasteiger partial charge in [0, 0.05) is 37.5 Å². The number of carbonyl (C=O) groups excluding carboxylic acids is 2. The molecule has 0 aliphatic heterocycles. The van der Waals surface area contributed by atoms with Gasteiger partial charge < -0.3 is 20.5 Å². The second-order valence-electron chi connectivity index (χ2n) is 8.50. The molecular weight excluding hydrogens is 448 g/mol. The van der Waals surface area contributed by atoms with Crippen molar-refractivity contribution in [2.45, 2.75) is 38.3 Å². The molecule has 0 spiro atoms. The van der Waals surface area contributed by atoms with E-state index in [1.165, 1.54) is 17.9 Å². The normalized spacial score (nSPS) is 13.0. The molecule has 1 aliphatic carbocycles. The Hall–Kier alpha value is -4.14. The number of carbonyl (C=O) groups is 3. The van der Waals surface area contributed by atoms with Crippen LogP contribution in [0.2, 0.25) is 0 Å². The molecular formula is C26H28N4O5. The molecule has 2 amide bonds. The number of ether oxygens (including phenoxy) is 1. The maximum atomic E-state index is 12.5. The van der Waals surface area contributed by atoms with Crippen molar-refractivity contribution in [3.8, 4) is 11.1 Å². The van der Waals surface area contributed by atoms with Gasteiger partial charge >= 0.3 is 12.1 Å². The quantitative estimate of drug-likeness (QED) is 0.435. The molecule has 182 valence electrons. The summed E-state index contributed by atoms with van der Waals surface area (Å²) in [6.45, 7) is 2.10. The molecule has 0 saturated heterocycles. The van der Waals surface area contributed by atoms with Crippen molar-refractivity contribution in [2.24, 2.45) is 7.05 Å². The number of benzene rings is 2. The number of rotatable bonds is 9. The number of carboxylic acids is 1. The van der Waals surface area contributed by atoms with Crippen molar-refractivity contribution < 1.29 is 24.2 Å². The number of aryl methyl sites for hydroxylation is 1. The van der Waals surface area contributed by atoms with Gasteiger partial charge in [-0.05, 0) is 28.7 Å². The SMILES string of the molecule is CC[C@@H](CC(=O)NCc1cnn(C)c1C(=O)O)NC(=O)OCC1c2ccccc2-c2ccccc21. The van der Waals surface area contributed by atoms with E-state index in [1.54, 1.807) is 0 Å². The fourth-order valence-corrected chi connectivity index (χ4v) is 4.48. The second-order valence-corrected chi connectivity index (χ2v) is 8.50. The maximum Gasteiger partial charge on any atom is 0.407 e. The van der Waals surface area contributed by atoms with E-state index in [4.69, 9.17) is 4.74 Å². The first kappa shape index (κ1) is 24.0. The lowest BCUT2D eigenvalue weighted by atomic mass is 9.98. The Morgan fingerprint density at radius 2 is 1.71 bits per heavy atom. The highest BCUT2D eigenvalue weighted by Gasteiger charge is 2.29. The molecule has 1 atom stereocenters. The number of fused-ring (bicyclic) bond motifs is 3. The van der Waals surface area contributed by atoms with E-state index in [-0.39, 0.29) is 37.1 Å². The zero-order chi connectivity index (χ0) is 24.9. The van der Waals surface area contributed by atoms with Crippen molar-refractivity contribution in [3.63, 3.8) is 0 Å². The van der Waals surface area contributed by atoms with E-state index >= 15 is 0 Å². The molecule has 0 bridgehead atoms. The van der Waals surface area contributed by atoms with Crippen LogP contribution in [0.15, 0.2) is 54.7 Å². The summed E-state index contributed by atoms with van der Waals surface area (Å²) in [5.74, 6) is -1.46. The fraction of sp³-hybridized carbons (Fsp3) is 0.308. The Balaban J connectivity index is 1.30. The fourth-order valence-electron chi connectivity index (χ4n) is 4.48. The van der Waals surface area contributed by atoms with Crippen LogP contribution < -0.4 is 10.6 Å². The van der Waals surface area contributed by atoms with Crippen molar-refractivity contribution in [1.82, 2.24) is 20.4 Å². The Kier molecular flexibility index (Phi) is 7.14. The summed E-state index contributed by atoms with van der Waals surface area (Å²) in [7, 11) is 1.53. The number of carboxylic acid groups (broad SMARTS) is 1. The molecule has 3 aromatic rings. The Morgan fingerprint density at radius 3 is 2.31 bits per heavy atom. The highest BCUT2D eigenvalue weighted by atomic mass is 16.5. The number of nitrogens with zero attached hydrogens (tertiary/aromatic N) is 2. The summed E-state index contributed by atoms with van der Waals surface area (Å²) in [4.78, 5) is 36.3. The average Bonchev–Trinajstić information content (AvgIpc) is 3.38. The van der Waals surface area contributed by atoms with Gasteiger partial charge in [-0.3, -0.25) is 9.48 Å². The first-order valence-electron chi connectivity index (χ1n) is 11.5. The summed E-state index contributed by atoms with van der Waals surface area (Å²) < 4.78 is 6.82. The topological polar surface area (TPSA) is 123 Å². The number of nitrogens with one attached hydrogen (secondary N) is 2. The smallest absolute Gasteiger partial charge is 0.407 e. The van der Waals surface area contributed by atoms with Crippen LogP contribution in [0, 0.1) is 0 Å². The van der Waals surface area contributed by atoms with Gasteiger partial charge in [0.15, 0.2) is 5.69 Å². The third-order valence-corrected chi connectivity index (χ3v) is 6.28. The van der Waals surface area contributed by atoms with Crippen LogP contribution in [0.1, 0.15) is 52.9 Å². The third-order valence-electron chi connectivity index (χ3n) is 6.28. The van der Waals surface area contributed by atoms with E-state index in [1.807, 2.05) is 31.2 Å². The monoisotopic (exact) mass is 476 g/mol. The van der Waals surface area contributed by atoms with Crippen LogP contribution >= 0.6 is 0 Å². The highest BCUT2D eigenvalue weighted by molar-refractivity contribution is 5.87. The van der Waals surface area contributed by atoms with Crippen LogP contribution in [-0.4, -0.2) is 45.5 Å². The number of aromatic carboxylic acids is 1. The van der Waals surface area contributed by atoms with Gasteiger partial charge in [-0.25, -0.2) is 9.59 Å². The molecule has 0 fully saturated rings. The Bertz CT molecular complexity index is 1210. The predicted molar refractivity (Wildman–Crippen MR) is 129 cm³/mol. The Morgan fingerprint density at radius 1 is 1.09 bits per heavy atom. The zero-order valence-corrected chi connectivity index (χ0v) is 19.7. The van der Waals surface area contributed by atoms with E-state index in [9.17, 15) is 19.5 Å². The van der Waals surface area contributed by atoms with Gasteiger partial charge in [-0.1, -0.05) is 55.5 Å². The molecule has 1 aromatic heterocycles. The van der Waals surface area contributed by atoms with Gasteiger partial charge in [-0.2, -0.15) is 5.10 Å². The summed E-state index contributed by atoms with van der Waals surface area (Å²) in [6.07, 6.45) is 1.41. The number of hydrogen-bond acceptors (Lipinski definition) is 5. The first-order valence-corrected chi connectivity index (χ1v) is 11.5. The zero-order valence-electron chi connectivity index (χ0n) is 19.7. The average molecular weight is 477 g/mol. The lowest BCUT2D eigenvalue weighted by molar-refractivity contribution is -0.121. The van der Waals surface area contributed by atoms with E-state index in [0.717, 1.165) is 22.3 Å². The number of aromatic nitrogens is 2. The van der Waals surface area contributed by atoms with Crippen molar-refractivity contribution in [2.75, 3.05) is 6.61 Å². The number of alkyl carbamates (subject to hydrolysis) is 1. The van der Waals surface area contributed by atoms with Gasteiger partial charge in [0.05, 0.1) is 6.20 Å². The summed E-state index contributed by atoms with van der Waals surface area (Å²) in [5, 5.41) is 18.7. The third kappa shape index (κ3) is 5.18. The Labute approximate surface area is 203 Å². The minimum Gasteiger partial charge on any atom is -0.477 e. The van der Waals surface area contributed by atoms with Crippen molar-refractivity contribution >= 4 is 18.0 Å². The van der Waals surface area contributed by atoms with Crippen LogP contribution in [0.25, 0.3) is 11.1 Å². The summed E-state index contributed by atoms with van der Waals surface area (Å²) in [6, 6.07) is 15.8. The molecule has 1 aliphatic rings. The van der Waals surface area contributed by atoms with Crippen LogP contribution in [0.3, 0.4) is 0 Å². The number of amides is 2. The molecule has 0 saturated carbocycles. The summed E-state index contributed by atoms with van der Waals surface area (Å²) in [5.41, 5.74) is 4.99. The van der Waals surface area contributed by atoms with Gasteiger partial charge in [0.1, 0.15) is 6.61 Å². The second kappa shape index (κ2) is 10.4. The highest BCUT2D eigenvalue weighted by Crippen LogP contribution is 2.44. The predicted octanol–water partition coefficient (Wildman–Crippen LogP) is 3.44. The van der Waals surface area contributed by atoms with Gasteiger partial charge in [0.2, 0.25) is 5.91 Å². The lowest BCUT2D eigenvalue weighted by Crippen LogP contribution is -2.39. The molecule has 35 heavy (non-hydrogen) atoms. The van der Waals surface area contributed by atoms with Crippen LogP contribution in [-0.2, 0) is 23.1 Å². The van der Waals surface area contributed by atoms with E-state index in [0.29, 0.717) is 12.0 Å². The van der Waals surface area contributed by atoms with Crippen LogP contribution in [0.5, 0.6) is 0 Å². The maximum absolute atomic E-state index is 12.5. The van der Waals surface area contributed by atoms with E-state index in [2.05, 4.69) is 40.0 Å². The van der Waals surface area contributed by atoms with Crippen molar-refractivity contribution in [3.05, 3.63) is 77.1 Å². The lowest BCUT2D eigenvalue weighted by Gasteiger charge is -2.19. The molecule has 0 unspecified atom stereocenters. The number of hydrogen-bond donors (Lipinski definition) is 3. The van der Waals surface area contributed by atoms with Gasteiger partial charge in [-0.15, -0.1) is 0 Å². The van der Waals surface area contributed by atoms with Crippen LogP contribution in [0.4, 0.5) is 4.79 Å². The molecule has 3 N–H and O–H groups in total. The first-order chi connectivity index (χ1) is 16.9. The summed E-state index contributed by atoms with van der Waals surface area (Å²) >= 11 is 0. The molecule has 9 nitrogen and oxygen atoms in total. The molecule has 9 heteroatoms.